The first kappa shape index (κ1) is 26.1. The molecule has 1 aliphatic carbocycles. The van der Waals surface area contributed by atoms with Crippen LogP contribution in [0.15, 0.2) is 48.5 Å². The third-order valence-electron chi connectivity index (χ3n) is 5.58. The number of alkyl halides is 2. The van der Waals surface area contributed by atoms with Crippen molar-refractivity contribution in [3.05, 3.63) is 97.7 Å². The molecule has 3 aromatic carbocycles. The van der Waals surface area contributed by atoms with E-state index in [4.69, 9.17) is 58.0 Å². The molecular weight excluding hydrogens is 569 g/mol. The predicted octanol–water partition coefficient (Wildman–Crippen LogP) is 8.02. The molecule has 0 heterocycles. The first-order valence-corrected chi connectivity index (χ1v) is 11.9. The summed E-state index contributed by atoms with van der Waals surface area (Å²) in [7, 11) is 0. The van der Waals surface area contributed by atoms with Crippen molar-refractivity contribution in [2.75, 3.05) is 5.32 Å². The topological polar surface area (TPSA) is 46.2 Å². The van der Waals surface area contributed by atoms with Crippen molar-refractivity contribution in [3.8, 4) is 0 Å². The van der Waals surface area contributed by atoms with Crippen LogP contribution in [0.4, 0.5) is 18.9 Å². The first-order valence-electron chi connectivity index (χ1n) is 10.00. The number of hydrogen-bond donors (Lipinski definition) is 1. The van der Waals surface area contributed by atoms with E-state index < -0.39 is 51.7 Å². The van der Waals surface area contributed by atoms with Gasteiger partial charge in [0.1, 0.15) is 4.33 Å². The number of ketones is 1. The zero-order valence-corrected chi connectivity index (χ0v) is 21.1. The van der Waals surface area contributed by atoms with Gasteiger partial charge in [0.25, 0.3) is 0 Å². The highest BCUT2D eigenvalue weighted by Gasteiger charge is 2.67. The summed E-state index contributed by atoms with van der Waals surface area (Å²) < 4.78 is 39.2. The first-order chi connectivity index (χ1) is 16.4. The summed E-state index contributed by atoms with van der Waals surface area (Å²) in [6.07, 6.45) is -0.577. The molecule has 1 fully saturated rings. The number of nitrogens with one attached hydrogen (secondary N) is 1. The molecule has 1 saturated carbocycles. The third kappa shape index (κ3) is 5.27. The molecule has 35 heavy (non-hydrogen) atoms. The quantitative estimate of drug-likeness (QED) is 0.182. The van der Waals surface area contributed by atoms with Crippen LogP contribution in [-0.2, 0) is 11.2 Å². The number of carbonyl (C=O) groups excluding carboxylic acids is 2. The number of hydrogen-bond acceptors (Lipinski definition) is 2. The lowest BCUT2D eigenvalue weighted by molar-refractivity contribution is -0.117. The summed E-state index contributed by atoms with van der Waals surface area (Å²) >= 11 is 30.9. The largest absolute Gasteiger partial charge is 0.326 e. The van der Waals surface area contributed by atoms with E-state index in [-0.39, 0.29) is 21.8 Å². The average molecular weight is 582 g/mol. The average Bonchev–Trinajstić information content (AvgIpc) is 3.36. The SMILES string of the molecule is O=C(Cc1ccc(F)c(F)c1F)c1cc(NC(=O)C2C(c3cc(Cl)cc(Cl)c3)C2(Cl)Cl)ccc1Cl. The highest BCUT2D eigenvalue weighted by atomic mass is 35.5. The van der Waals surface area contributed by atoms with Crippen molar-refractivity contribution < 1.29 is 22.8 Å². The molecule has 11 heteroatoms. The normalized spacial score (nSPS) is 18.3. The molecule has 0 bridgehead atoms. The summed E-state index contributed by atoms with van der Waals surface area (Å²) in [5.74, 6) is -7.11. The number of Topliss-reactive ketones (excluding diaryl/α,β-unsaturated/α-hetero) is 1. The second kappa shape index (κ2) is 9.83. The maximum Gasteiger partial charge on any atom is 0.231 e. The van der Waals surface area contributed by atoms with Gasteiger partial charge >= 0.3 is 0 Å². The Morgan fingerprint density at radius 1 is 0.886 bits per heavy atom. The van der Waals surface area contributed by atoms with Crippen molar-refractivity contribution in [1.29, 1.82) is 0 Å². The van der Waals surface area contributed by atoms with Crippen LogP contribution in [0, 0.1) is 23.4 Å². The van der Waals surface area contributed by atoms with Gasteiger partial charge in [-0.15, -0.1) is 23.2 Å². The molecule has 0 radical (unpaired) electrons. The third-order valence-corrected chi connectivity index (χ3v) is 7.29. The minimum absolute atomic E-state index is 0.0258. The van der Waals surface area contributed by atoms with Crippen molar-refractivity contribution in [2.45, 2.75) is 16.7 Å². The Bertz CT molecular complexity index is 1340. The minimum atomic E-state index is -1.67. The molecule has 182 valence electrons. The fourth-order valence-electron chi connectivity index (χ4n) is 3.83. The highest BCUT2D eigenvalue weighted by molar-refractivity contribution is 6.53. The zero-order valence-electron chi connectivity index (χ0n) is 17.3. The van der Waals surface area contributed by atoms with E-state index in [0.717, 1.165) is 12.1 Å². The number of amides is 1. The summed E-state index contributed by atoms with van der Waals surface area (Å²) in [6, 6.07) is 10.6. The van der Waals surface area contributed by atoms with E-state index in [2.05, 4.69) is 5.32 Å². The van der Waals surface area contributed by atoms with Crippen LogP contribution in [0.1, 0.15) is 27.4 Å². The lowest BCUT2D eigenvalue weighted by Crippen LogP contribution is -2.17. The molecule has 0 spiro atoms. The van der Waals surface area contributed by atoms with Gasteiger partial charge in [-0.1, -0.05) is 40.9 Å². The molecule has 4 rings (SSSR count). The lowest BCUT2D eigenvalue weighted by Gasteiger charge is -2.10. The Labute approximate surface area is 223 Å². The number of rotatable bonds is 6. The lowest BCUT2D eigenvalue weighted by atomic mass is 10.0. The Hall–Kier alpha value is -1.96. The molecular formula is C24H13Cl5F3NO2. The van der Waals surface area contributed by atoms with Gasteiger partial charge in [-0.2, -0.15) is 0 Å². The number of benzene rings is 3. The molecule has 3 aromatic rings. The van der Waals surface area contributed by atoms with Crippen LogP contribution >= 0.6 is 58.0 Å². The van der Waals surface area contributed by atoms with E-state index in [0.29, 0.717) is 15.6 Å². The van der Waals surface area contributed by atoms with Crippen LogP contribution in [0.25, 0.3) is 0 Å². The monoisotopic (exact) mass is 579 g/mol. The van der Waals surface area contributed by atoms with E-state index in [1.54, 1.807) is 12.1 Å². The van der Waals surface area contributed by atoms with Gasteiger partial charge in [-0.3, -0.25) is 9.59 Å². The minimum Gasteiger partial charge on any atom is -0.326 e. The van der Waals surface area contributed by atoms with Gasteiger partial charge in [0.2, 0.25) is 5.91 Å². The van der Waals surface area contributed by atoms with Crippen molar-refractivity contribution in [1.82, 2.24) is 0 Å². The van der Waals surface area contributed by atoms with E-state index in [1.165, 1.54) is 24.3 Å². The molecule has 0 aromatic heterocycles. The van der Waals surface area contributed by atoms with Gasteiger partial charge in [-0.25, -0.2) is 13.2 Å². The standard InChI is InChI=1S/C24H13Cl5F3NO2/c25-12-5-11(6-13(26)8-12)19-20(24(19,28)29)23(35)33-14-2-3-16(27)15(9-14)18(34)7-10-1-4-17(30)22(32)21(10)31/h1-6,8-9,19-20H,7H2,(H,33,35). The fraction of sp³-hybridized carbons (Fsp3) is 0.167. The van der Waals surface area contributed by atoms with Crippen LogP contribution in [0.2, 0.25) is 15.1 Å². The number of anilines is 1. The van der Waals surface area contributed by atoms with Gasteiger partial charge in [0.05, 0.1) is 10.9 Å². The molecule has 3 nitrogen and oxygen atoms in total. The van der Waals surface area contributed by atoms with Gasteiger partial charge < -0.3 is 5.32 Å². The highest BCUT2D eigenvalue weighted by Crippen LogP contribution is 2.65. The Morgan fingerprint density at radius 2 is 1.54 bits per heavy atom. The van der Waals surface area contributed by atoms with Crippen molar-refractivity contribution in [2.24, 2.45) is 5.92 Å². The van der Waals surface area contributed by atoms with Crippen LogP contribution in [-0.4, -0.2) is 16.0 Å². The zero-order chi connectivity index (χ0) is 25.7. The molecule has 1 aliphatic rings. The smallest absolute Gasteiger partial charge is 0.231 e. The molecule has 2 unspecified atom stereocenters. The predicted molar refractivity (Wildman–Crippen MR) is 132 cm³/mol. The van der Waals surface area contributed by atoms with Crippen LogP contribution in [0.5, 0.6) is 0 Å². The van der Waals surface area contributed by atoms with E-state index >= 15 is 0 Å². The second-order valence-electron chi connectivity index (χ2n) is 7.95. The Balaban J connectivity index is 1.52. The summed E-state index contributed by atoms with van der Waals surface area (Å²) in [4.78, 5) is 25.6. The summed E-state index contributed by atoms with van der Waals surface area (Å²) in [6.45, 7) is 0. The molecule has 1 amide bonds. The Kier molecular flexibility index (Phi) is 7.33. The van der Waals surface area contributed by atoms with Gasteiger partial charge in [-0.05, 0) is 53.6 Å². The molecule has 2 atom stereocenters. The molecule has 1 N–H and O–H groups in total. The second-order valence-corrected chi connectivity index (χ2v) is 10.7. The Morgan fingerprint density at radius 3 is 2.20 bits per heavy atom. The molecule has 0 saturated heterocycles. The van der Waals surface area contributed by atoms with Gasteiger partial charge in [0.15, 0.2) is 23.2 Å². The van der Waals surface area contributed by atoms with Crippen molar-refractivity contribution >= 4 is 75.4 Å². The van der Waals surface area contributed by atoms with E-state index in [1.807, 2.05) is 0 Å². The van der Waals surface area contributed by atoms with Gasteiger partial charge in [0, 0.05) is 33.6 Å². The fourth-order valence-corrected chi connectivity index (χ4v) is 5.42. The van der Waals surface area contributed by atoms with Crippen LogP contribution in [0.3, 0.4) is 0 Å². The number of carbonyl (C=O) groups is 2. The van der Waals surface area contributed by atoms with E-state index in [9.17, 15) is 22.8 Å². The maximum atomic E-state index is 14.0. The summed E-state index contributed by atoms with van der Waals surface area (Å²) in [5, 5.41) is 3.38. The maximum absolute atomic E-state index is 14.0. The van der Waals surface area contributed by atoms with Crippen molar-refractivity contribution in [3.63, 3.8) is 0 Å². The summed E-state index contributed by atoms with van der Waals surface area (Å²) in [5.41, 5.74) is 0.403. The number of halogens is 8. The molecule has 0 aliphatic heterocycles. The van der Waals surface area contributed by atoms with Crippen LogP contribution < -0.4 is 5.32 Å².